The minimum Gasteiger partial charge on any atom is -0.0813 e. The van der Waals surface area contributed by atoms with Crippen molar-refractivity contribution in [2.75, 3.05) is 0 Å². The molecule has 0 aromatic heterocycles. The Kier molecular flexibility index (Phi) is 6.45. The fourth-order valence-electron chi connectivity index (χ4n) is 2.60. The normalized spacial score (nSPS) is 22.3. The molecule has 0 saturated carbocycles. The highest BCUT2D eigenvalue weighted by Crippen LogP contribution is 2.40. The molecule has 0 aromatic rings. The molecule has 0 radical (unpaired) electrons. The van der Waals surface area contributed by atoms with Crippen molar-refractivity contribution >= 4 is 0 Å². The molecule has 1 rings (SSSR count). The Morgan fingerprint density at radius 3 is 2.43 bits per heavy atom. The third-order valence-electron chi connectivity index (χ3n) is 4.52. The van der Waals surface area contributed by atoms with Gasteiger partial charge in [0.1, 0.15) is 0 Å². The Balaban J connectivity index is 2.85. The van der Waals surface area contributed by atoms with E-state index in [2.05, 4.69) is 84.9 Å². The van der Waals surface area contributed by atoms with Crippen LogP contribution < -0.4 is 0 Å². The van der Waals surface area contributed by atoms with Crippen LogP contribution in [0.1, 0.15) is 61.3 Å². The zero-order chi connectivity index (χ0) is 16.0. The second-order valence-electron chi connectivity index (χ2n) is 7.23. The SMILES string of the molecule is CC1=CCCC(C)(C)\C1=C/C=C(C)/C=C/C=C(\C)C(C)C. The van der Waals surface area contributed by atoms with Gasteiger partial charge in [-0.15, -0.1) is 0 Å². The highest BCUT2D eigenvalue weighted by molar-refractivity contribution is 5.40. The number of allylic oxidation sites excluding steroid dienone is 10. The molecule has 0 aromatic carbocycles. The molecule has 0 aliphatic heterocycles. The number of hydrogen-bond donors (Lipinski definition) is 0. The topological polar surface area (TPSA) is 0 Å². The summed E-state index contributed by atoms with van der Waals surface area (Å²) in [6.07, 6.45) is 15.9. The largest absolute Gasteiger partial charge is 0.0813 e. The molecule has 1 aliphatic carbocycles. The smallest absolute Gasteiger partial charge is 0.00981 e. The standard InChI is InChI=1S/C21H32/c1-16(2)18(4)11-8-10-17(3)13-14-20-19(5)12-9-15-21(20,6)7/h8,10-14,16H,9,15H2,1-7H3/b10-8+,17-13+,18-11+,20-14-. The van der Waals surface area contributed by atoms with Crippen LogP contribution in [0.2, 0.25) is 0 Å². The van der Waals surface area contributed by atoms with Gasteiger partial charge in [0.2, 0.25) is 0 Å². The van der Waals surface area contributed by atoms with Crippen molar-refractivity contribution in [2.45, 2.75) is 61.3 Å². The summed E-state index contributed by atoms with van der Waals surface area (Å²) in [4.78, 5) is 0. The monoisotopic (exact) mass is 284 g/mol. The van der Waals surface area contributed by atoms with Crippen molar-refractivity contribution in [3.63, 3.8) is 0 Å². The van der Waals surface area contributed by atoms with Gasteiger partial charge in [0.15, 0.2) is 0 Å². The van der Waals surface area contributed by atoms with Gasteiger partial charge in [-0.1, -0.05) is 80.9 Å². The van der Waals surface area contributed by atoms with Crippen LogP contribution in [-0.4, -0.2) is 0 Å². The van der Waals surface area contributed by atoms with E-state index in [4.69, 9.17) is 0 Å². The summed E-state index contributed by atoms with van der Waals surface area (Å²) >= 11 is 0. The van der Waals surface area contributed by atoms with Crippen LogP contribution in [0.25, 0.3) is 0 Å². The van der Waals surface area contributed by atoms with Crippen molar-refractivity contribution < 1.29 is 0 Å². The maximum Gasteiger partial charge on any atom is -0.00981 e. The molecule has 0 spiro atoms. The molecule has 0 heterocycles. The molecule has 116 valence electrons. The van der Waals surface area contributed by atoms with E-state index in [1.165, 1.54) is 35.1 Å². The highest BCUT2D eigenvalue weighted by Gasteiger charge is 2.26. The van der Waals surface area contributed by atoms with Crippen molar-refractivity contribution in [2.24, 2.45) is 11.3 Å². The van der Waals surface area contributed by atoms with E-state index < -0.39 is 0 Å². The quantitative estimate of drug-likeness (QED) is 0.499. The summed E-state index contributed by atoms with van der Waals surface area (Å²) in [5, 5.41) is 0. The van der Waals surface area contributed by atoms with Crippen molar-refractivity contribution in [3.05, 3.63) is 58.7 Å². The second-order valence-corrected chi connectivity index (χ2v) is 7.23. The van der Waals surface area contributed by atoms with Gasteiger partial charge in [0.25, 0.3) is 0 Å². The first-order valence-electron chi connectivity index (χ1n) is 8.15. The van der Waals surface area contributed by atoms with E-state index in [9.17, 15) is 0 Å². The van der Waals surface area contributed by atoms with E-state index >= 15 is 0 Å². The van der Waals surface area contributed by atoms with Crippen molar-refractivity contribution in [1.29, 1.82) is 0 Å². The van der Waals surface area contributed by atoms with E-state index in [0.717, 1.165) is 0 Å². The Morgan fingerprint density at radius 2 is 1.86 bits per heavy atom. The minimum absolute atomic E-state index is 0.299. The number of rotatable bonds is 4. The van der Waals surface area contributed by atoms with Gasteiger partial charge >= 0.3 is 0 Å². The third kappa shape index (κ3) is 5.53. The summed E-state index contributed by atoms with van der Waals surface area (Å²) < 4.78 is 0. The molecule has 1 aliphatic rings. The summed E-state index contributed by atoms with van der Waals surface area (Å²) in [6, 6.07) is 0. The van der Waals surface area contributed by atoms with Gasteiger partial charge in [-0.25, -0.2) is 0 Å². The Hall–Kier alpha value is -1.30. The molecule has 0 bridgehead atoms. The zero-order valence-electron chi connectivity index (χ0n) is 15.0. The Labute approximate surface area is 132 Å². The van der Waals surface area contributed by atoms with Crippen LogP contribution in [0.5, 0.6) is 0 Å². The van der Waals surface area contributed by atoms with Gasteiger partial charge < -0.3 is 0 Å². The molecule has 0 N–H and O–H groups in total. The molecule has 0 nitrogen and oxygen atoms in total. The van der Waals surface area contributed by atoms with Gasteiger partial charge in [-0.2, -0.15) is 0 Å². The summed E-state index contributed by atoms with van der Waals surface area (Å²) in [5.41, 5.74) is 5.94. The maximum atomic E-state index is 2.37. The minimum atomic E-state index is 0.299. The second kappa shape index (κ2) is 7.64. The predicted molar refractivity (Wildman–Crippen MR) is 96.3 cm³/mol. The van der Waals surface area contributed by atoms with E-state index in [0.29, 0.717) is 11.3 Å². The van der Waals surface area contributed by atoms with Gasteiger partial charge in [-0.05, 0) is 50.5 Å². The first-order valence-corrected chi connectivity index (χ1v) is 8.15. The lowest BCUT2D eigenvalue weighted by molar-refractivity contribution is 0.404. The first-order chi connectivity index (χ1) is 9.74. The van der Waals surface area contributed by atoms with Crippen LogP contribution in [0, 0.1) is 11.3 Å². The van der Waals surface area contributed by atoms with Crippen LogP contribution in [0.4, 0.5) is 0 Å². The van der Waals surface area contributed by atoms with Gasteiger partial charge in [0, 0.05) is 0 Å². The van der Waals surface area contributed by atoms with Crippen LogP contribution >= 0.6 is 0 Å². The molecule has 0 saturated heterocycles. The van der Waals surface area contributed by atoms with Crippen molar-refractivity contribution in [1.82, 2.24) is 0 Å². The fourth-order valence-corrected chi connectivity index (χ4v) is 2.60. The zero-order valence-corrected chi connectivity index (χ0v) is 15.0. The average Bonchev–Trinajstić information content (AvgIpc) is 2.37. The third-order valence-corrected chi connectivity index (χ3v) is 4.52. The first kappa shape index (κ1) is 17.8. The Bertz CT molecular complexity index is 502. The predicted octanol–water partition coefficient (Wildman–Crippen LogP) is 6.78. The van der Waals surface area contributed by atoms with Crippen LogP contribution in [0.15, 0.2) is 58.7 Å². The summed E-state index contributed by atoms with van der Waals surface area (Å²) in [5.74, 6) is 0.622. The van der Waals surface area contributed by atoms with Gasteiger partial charge in [0.05, 0.1) is 0 Å². The lowest BCUT2D eigenvalue weighted by atomic mass is 9.73. The van der Waals surface area contributed by atoms with Crippen LogP contribution in [-0.2, 0) is 0 Å². The lowest BCUT2D eigenvalue weighted by Gasteiger charge is -2.32. The van der Waals surface area contributed by atoms with Crippen LogP contribution in [0.3, 0.4) is 0 Å². The Morgan fingerprint density at radius 1 is 1.19 bits per heavy atom. The molecular weight excluding hydrogens is 252 g/mol. The molecule has 0 amide bonds. The van der Waals surface area contributed by atoms with E-state index in [-0.39, 0.29) is 0 Å². The molecular formula is C21H32. The molecule has 0 unspecified atom stereocenters. The van der Waals surface area contributed by atoms with E-state index in [1.54, 1.807) is 0 Å². The maximum absolute atomic E-state index is 2.37. The van der Waals surface area contributed by atoms with E-state index in [1.807, 2.05) is 0 Å². The summed E-state index contributed by atoms with van der Waals surface area (Å²) in [6.45, 7) is 15.8. The highest BCUT2D eigenvalue weighted by atomic mass is 14.3. The molecule has 0 atom stereocenters. The lowest BCUT2D eigenvalue weighted by Crippen LogP contribution is -2.18. The molecule has 21 heavy (non-hydrogen) atoms. The molecule has 0 heteroatoms. The number of hydrogen-bond acceptors (Lipinski definition) is 0. The van der Waals surface area contributed by atoms with Crippen molar-refractivity contribution in [3.8, 4) is 0 Å². The summed E-state index contributed by atoms with van der Waals surface area (Å²) in [7, 11) is 0. The fraction of sp³-hybridized carbons (Fsp3) is 0.524. The molecule has 0 fully saturated rings. The average molecular weight is 284 g/mol. The van der Waals surface area contributed by atoms with Gasteiger partial charge in [-0.3, -0.25) is 0 Å².